The quantitative estimate of drug-likeness (QED) is 0.774. The maximum absolute atomic E-state index is 10.1. The van der Waals surface area contributed by atoms with Gasteiger partial charge in [-0.2, -0.15) is 11.8 Å². The van der Waals surface area contributed by atoms with Crippen molar-refractivity contribution in [3.63, 3.8) is 0 Å². The highest BCUT2D eigenvalue weighted by atomic mass is 35.5. The average Bonchev–Trinajstić information content (AvgIpc) is 2.35. The van der Waals surface area contributed by atoms with Crippen LogP contribution in [0.2, 0.25) is 10.0 Å². The van der Waals surface area contributed by atoms with Gasteiger partial charge in [-0.3, -0.25) is 4.79 Å². The number of carboxylic acid groups (broad SMARTS) is 1. The molecule has 0 spiro atoms. The van der Waals surface area contributed by atoms with Crippen molar-refractivity contribution in [1.29, 1.82) is 0 Å². The van der Waals surface area contributed by atoms with E-state index in [-0.39, 0.29) is 0 Å². The first-order valence-electron chi connectivity index (χ1n) is 5.53. The molecule has 0 aliphatic heterocycles. The third-order valence-corrected chi connectivity index (χ3v) is 3.19. The van der Waals surface area contributed by atoms with Crippen LogP contribution in [0, 0.1) is 0 Å². The van der Waals surface area contributed by atoms with E-state index in [9.17, 15) is 4.79 Å². The Hall–Kier alpha value is -0.460. The van der Waals surface area contributed by atoms with Gasteiger partial charge in [-0.05, 0) is 42.2 Å². The Labute approximate surface area is 127 Å². The van der Waals surface area contributed by atoms with Crippen LogP contribution in [0.15, 0.2) is 18.2 Å². The zero-order valence-electron chi connectivity index (χ0n) is 10.6. The van der Waals surface area contributed by atoms with Crippen LogP contribution >= 0.6 is 35.0 Å². The van der Waals surface area contributed by atoms with E-state index in [2.05, 4.69) is 0 Å². The molecule has 5 N–H and O–H groups in total. The Morgan fingerprint density at radius 3 is 2.26 bits per heavy atom. The van der Waals surface area contributed by atoms with E-state index >= 15 is 0 Å². The molecule has 19 heavy (non-hydrogen) atoms. The lowest BCUT2D eigenvalue weighted by Crippen LogP contribution is -2.30. The lowest BCUT2D eigenvalue weighted by atomic mass is 10.2. The largest absolute Gasteiger partial charge is 0.480 e. The summed E-state index contributed by atoms with van der Waals surface area (Å²) in [6.45, 7) is 0.472. The van der Waals surface area contributed by atoms with Gasteiger partial charge in [0, 0.05) is 16.6 Å². The van der Waals surface area contributed by atoms with E-state index < -0.39 is 12.0 Å². The van der Waals surface area contributed by atoms with E-state index in [4.69, 9.17) is 39.8 Å². The molecule has 4 nitrogen and oxygen atoms in total. The van der Waals surface area contributed by atoms with E-state index in [1.807, 2.05) is 6.26 Å². The fourth-order valence-corrected chi connectivity index (χ4v) is 2.16. The van der Waals surface area contributed by atoms with Crippen LogP contribution in [0.25, 0.3) is 0 Å². The van der Waals surface area contributed by atoms with Crippen LogP contribution in [0.5, 0.6) is 0 Å². The number of halogens is 2. The van der Waals surface area contributed by atoms with Crippen molar-refractivity contribution in [3.8, 4) is 0 Å². The van der Waals surface area contributed by atoms with Gasteiger partial charge in [0.25, 0.3) is 0 Å². The fraction of sp³-hybridized carbons (Fsp3) is 0.417. The normalized spacial score (nSPS) is 11.4. The summed E-state index contributed by atoms with van der Waals surface area (Å²) in [6.07, 6.45) is 2.48. The van der Waals surface area contributed by atoms with E-state index in [0.29, 0.717) is 23.0 Å². The van der Waals surface area contributed by atoms with Gasteiger partial charge in [0.05, 0.1) is 0 Å². The number of nitrogens with two attached hydrogens (primary N) is 2. The maximum Gasteiger partial charge on any atom is 0.320 e. The minimum atomic E-state index is -0.913. The molecule has 0 aliphatic carbocycles. The number of thioether (sulfide) groups is 1. The van der Waals surface area contributed by atoms with Gasteiger partial charge < -0.3 is 16.6 Å². The predicted molar refractivity (Wildman–Crippen MR) is 83.0 cm³/mol. The standard InChI is InChI=1S/C7H7Cl2N.C5H11NO2S/c8-6-1-5(4-10)2-7(9)3-6;1-9-3-2-4(6)5(7)8/h1-3H,4,10H2;4H,2-3,6H2,1H3,(H,7,8)/t;4-/m.0/s1. The van der Waals surface area contributed by atoms with E-state index in [1.54, 1.807) is 30.0 Å². The molecule has 108 valence electrons. The third-order valence-electron chi connectivity index (χ3n) is 2.11. The molecule has 0 aromatic heterocycles. The molecule has 0 radical (unpaired) electrons. The zero-order valence-corrected chi connectivity index (χ0v) is 12.9. The maximum atomic E-state index is 10.1. The smallest absolute Gasteiger partial charge is 0.320 e. The molecule has 0 saturated heterocycles. The Balaban J connectivity index is 0.000000344. The lowest BCUT2D eigenvalue weighted by molar-refractivity contribution is -0.138. The third kappa shape index (κ3) is 9.13. The summed E-state index contributed by atoms with van der Waals surface area (Å²) in [6, 6.07) is 4.60. The van der Waals surface area contributed by atoms with Crippen molar-refractivity contribution in [2.75, 3.05) is 12.0 Å². The molecule has 0 amide bonds. The summed E-state index contributed by atoms with van der Waals surface area (Å²) in [5.41, 5.74) is 11.5. The first kappa shape index (κ1) is 18.5. The predicted octanol–water partition coefficient (Wildman–Crippen LogP) is 2.60. The van der Waals surface area contributed by atoms with Crippen molar-refractivity contribution in [1.82, 2.24) is 0 Å². The van der Waals surface area contributed by atoms with Crippen LogP contribution in [-0.2, 0) is 11.3 Å². The van der Waals surface area contributed by atoms with Crippen molar-refractivity contribution >= 4 is 40.9 Å². The minimum Gasteiger partial charge on any atom is -0.480 e. The SMILES string of the molecule is CSCC[C@H](N)C(=O)O.NCc1cc(Cl)cc(Cl)c1. The molecule has 1 atom stereocenters. The van der Waals surface area contributed by atoms with Crippen LogP contribution in [0.3, 0.4) is 0 Å². The molecule has 0 fully saturated rings. The molecule has 1 rings (SSSR count). The van der Waals surface area contributed by atoms with Gasteiger partial charge in [0.15, 0.2) is 0 Å². The highest BCUT2D eigenvalue weighted by Gasteiger charge is 2.08. The summed E-state index contributed by atoms with van der Waals surface area (Å²) in [7, 11) is 0. The van der Waals surface area contributed by atoms with Gasteiger partial charge in [-0.25, -0.2) is 0 Å². The fourth-order valence-electron chi connectivity index (χ4n) is 1.10. The first-order chi connectivity index (χ1) is 8.90. The second kappa shape index (κ2) is 10.3. The lowest BCUT2D eigenvalue weighted by Gasteiger charge is -2.02. The molecule has 0 unspecified atom stereocenters. The Kier molecular flexibility index (Phi) is 10.1. The summed E-state index contributed by atoms with van der Waals surface area (Å²) < 4.78 is 0. The summed E-state index contributed by atoms with van der Waals surface area (Å²) in [5, 5.41) is 9.54. The number of hydrogen-bond acceptors (Lipinski definition) is 4. The van der Waals surface area contributed by atoms with Crippen molar-refractivity contribution in [2.45, 2.75) is 19.0 Å². The van der Waals surface area contributed by atoms with Gasteiger partial charge in [-0.15, -0.1) is 0 Å². The van der Waals surface area contributed by atoms with Gasteiger partial charge >= 0.3 is 5.97 Å². The number of benzene rings is 1. The van der Waals surface area contributed by atoms with E-state index in [0.717, 1.165) is 11.3 Å². The molecule has 0 bridgehead atoms. The first-order valence-corrected chi connectivity index (χ1v) is 7.68. The van der Waals surface area contributed by atoms with Gasteiger partial charge in [0.2, 0.25) is 0 Å². The second-order valence-corrected chi connectivity index (χ2v) is 5.57. The van der Waals surface area contributed by atoms with Crippen molar-refractivity contribution in [3.05, 3.63) is 33.8 Å². The number of carbonyl (C=O) groups is 1. The molecular formula is C12H18Cl2N2O2S. The average molecular weight is 325 g/mol. The summed E-state index contributed by atoms with van der Waals surface area (Å²) >= 11 is 13.0. The van der Waals surface area contributed by atoms with Crippen LogP contribution < -0.4 is 11.5 Å². The topological polar surface area (TPSA) is 89.3 Å². The molecule has 0 aliphatic rings. The summed E-state index contributed by atoms with van der Waals surface area (Å²) in [5.74, 6) is -0.1000. The van der Waals surface area contributed by atoms with Crippen LogP contribution in [-0.4, -0.2) is 29.1 Å². The molecular weight excluding hydrogens is 307 g/mol. The van der Waals surface area contributed by atoms with Gasteiger partial charge in [-0.1, -0.05) is 23.2 Å². The number of rotatable bonds is 5. The summed E-state index contributed by atoms with van der Waals surface area (Å²) in [4.78, 5) is 10.1. The van der Waals surface area contributed by atoms with Crippen LogP contribution in [0.4, 0.5) is 0 Å². The number of carboxylic acids is 1. The van der Waals surface area contributed by atoms with Crippen molar-refractivity contribution < 1.29 is 9.90 Å². The number of hydrogen-bond donors (Lipinski definition) is 3. The highest BCUT2D eigenvalue weighted by Crippen LogP contribution is 2.18. The monoisotopic (exact) mass is 324 g/mol. The Morgan fingerprint density at radius 2 is 1.89 bits per heavy atom. The number of aliphatic carboxylic acids is 1. The molecule has 0 saturated carbocycles. The molecule has 1 aromatic rings. The Morgan fingerprint density at radius 1 is 1.37 bits per heavy atom. The molecule has 7 heteroatoms. The van der Waals surface area contributed by atoms with Gasteiger partial charge in [0.1, 0.15) is 6.04 Å². The highest BCUT2D eigenvalue weighted by molar-refractivity contribution is 7.98. The Bertz CT molecular complexity index is 385. The minimum absolute atomic E-state index is 0.472. The second-order valence-electron chi connectivity index (χ2n) is 3.71. The zero-order chi connectivity index (χ0) is 14.8. The molecule has 1 aromatic carbocycles. The van der Waals surface area contributed by atoms with Crippen LogP contribution in [0.1, 0.15) is 12.0 Å². The molecule has 0 heterocycles. The van der Waals surface area contributed by atoms with Crippen molar-refractivity contribution in [2.24, 2.45) is 11.5 Å². The van der Waals surface area contributed by atoms with E-state index in [1.165, 1.54) is 0 Å².